The van der Waals surface area contributed by atoms with Crippen molar-refractivity contribution in [1.82, 2.24) is 14.9 Å². The first-order valence-electron chi connectivity index (χ1n) is 3.86. The lowest BCUT2D eigenvalue weighted by Gasteiger charge is -2.25. The number of aromatic nitrogens is 2. The van der Waals surface area contributed by atoms with Crippen LogP contribution in [0.3, 0.4) is 0 Å². The van der Waals surface area contributed by atoms with Crippen molar-refractivity contribution < 1.29 is 0 Å². The van der Waals surface area contributed by atoms with E-state index < -0.39 is 0 Å². The Morgan fingerprint density at radius 2 is 2.08 bits per heavy atom. The van der Waals surface area contributed by atoms with E-state index in [1.54, 1.807) is 18.7 Å². The van der Waals surface area contributed by atoms with Gasteiger partial charge in [-0.3, -0.25) is 4.98 Å². The van der Waals surface area contributed by atoms with Gasteiger partial charge in [0, 0.05) is 19.4 Å². The number of hydrogen-bond acceptors (Lipinski definition) is 4. The van der Waals surface area contributed by atoms with Gasteiger partial charge in [0.2, 0.25) is 0 Å². The van der Waals surface area contributed by atoms with E-state index in [1.165, 1.54) is 0 Å². The van der Waals surface area contributed by atoms with Crippen molar-refractivity contribution >= 4 is 12.2 Å². The van der Waals surface area contributed by atoms with Crippen LogP contribution < -0.4 is 0 Å². The summed E-state index contributed by atoms with van der Waals surface area (Å²) in [6.07, 6.45) is 5.14. The molecule has 2 heterocycles. The summed E-state index contributed by atoms with van der Waals surface area (Å²) < 4.78 is 0. The Balaban J connectivity index is 2.52. The smallest absolute Gasteiger partial charge is 0.177 e. The maximum atomic E-state index is 4.23. The van der Waals surface area contributed by atoms with Crippen molar-refractivity contribution in [3.63, 3.8) is 0 Å². The molecule has 4 heteroatoms. The van der Waals surface area contributed by atoms with E-state index >= 15 is 0 Å². The van der Waals surface area contributed by atoms with E-state index in [9.17, 15) is 0 Å². The fourth-order valence-electron chi connectivity index (χ4n) is 1.17. The van der Waals surface area contributed by atoms with E-state index in [0.717, 1.165) is 11.5 Å². The van der Waals surface area contributed by atoms with Crippen molar-refractivity contribution in [2.75, 3.05) is 7.05 Å². The second-order valence-electron chi connectivity index (χ2n) is 2.85. The topological polar surface area (TPSA) is 41.4 Å². The Labute approximate surface area is 71.0 Å². The summed E-state index contributed by atoms with van der Waals surface area (Å²) in [4.78, 5) is 14.5. The number of rotatable bonds is 0. The summed E-state index contributed by atoms with van der Waals surface area (Å²) in [5.74, 6) is 0.739. The van der Waals surface area contributed by atoms with Crippen LogP contribution in [0.5, 0.6) is 0 Å². The van der Waals surface area contributed by atoms with Gasteiger partial charge in [-0.2, -0.15) is 0 Å². The van der Waals surface area contributed by atoms with Crippen LogP contribution >= 0.6 is 0 Å². The van der Waals surface area contributed by atoms with Crippen molar-refractivity contribution in [2.24, 2.45) is 4.99 Å². The normalized spacial score (nSPS) is 20.8. The molecule has 0 saturated carbocycles. The molecule has 0 aliphatic carbocycles. The minimum Gasteiger partial charge on any atom is -0.357 e. The van der Waals surface area contributed by atoms with E-state index in [2.05, 4.69) is 21.9 Å². The Bertz CT molecular complexity index is 321. The Morgan fingerprint density at radius 1 is 1.33 bits per heavy atom. The molecule has 62 valence electrons. The van der Waals surface area contributed by atoms with E-state index in [0.29, 0.717) is 0 Å². The fraction of sp³-hybridized carbons (Fsp3) is 0.375. The molecule has 0 radical (unpaired) electrons. The zero-order valence-electron chi connectivity index (χ0n) is 7.10. The summed E-state index contributed by atoms with van der Waals surface area (Å²) in [5, 5.41) is 0. The second-order valence-corrected chi connectivity index (χ2v) is 2.85. The van der Waals surface area contributed by atoms with E-state index in [1.807, 2.05) is 11.9 Å². The first-order valence-corrected chi connectivity index (χ1v) is 3.86. The molecule has 0 bridgehead atoms. The number of aliphatic imine (C=N–C) groups is 1. The van der Waals surface area contributed by atoms with Gasteiger partial charge >= 0.3 is 0 Å². The second kappa shape index (κ2) is 2.55. The molecule has 1 aromatic heterocycles. The number of fused-ring (bicyclic) bond motifs is 1. The molecule has 0 saturated heterocycles. The molecule has 0 N–H and O–H groups in total. The Hall–Kier alpha value is -1.45. The van der Waals surface area contributed by atoms with Crippen LogP contribution in [0.25, 0.3) is 0 Å². The molecule has 0 spiro atoms. The summed E-state index contributed by atoms with van der Waals surface area (Å²) >= 11 is 0. The largest absolute Gasteiger partial charge is 0.357 e. The highest BCUT2D eigenvalue weighted by molar-refractivity contribution is 5.64. The fourth-order valence-corrected chi connectivity index (χ4v) is 1.17. The minimum atomic E-state index is 0.270. The predicted molar refractivity (Wildman–Crippen MR) is 46.4 cm³/mol. The molecule has 12 heavy (non-hydrogen) atoms. The summed E-state index contributed by atoms with van der Waals surface area (Å²) in [7, 11) is 1.98. The van der Waals surface area contributed by atoms with Gasteiger partial charge < -0.3 is 4.90 Å². The maximum Gasteiger partial charge on any atom is 0.177 e. The molecular formula is C8H10N4. The van der Waals surface area contributed by atoms with Crippen molar-refractivity contribution in [1.29, 1.82) is 0 Å². The van der Waals surface area contributed by atoms with Crippen LogP contribution in [0.4, 0.5) is 5.82 Å². The molecule has 1 atom stereocenters. The summed E-state index contributed by atoms with van der Waals surface area (Å²) in [6.45, 7) is 2.08. The third-order valence-electron chi connectivity index (χ3n) is 2.07. The van der Waals surface area contributed by atoms with Gasteiger partial charge in [0.25, 0.3) is 0 Å². The van der Waals surface area contributed by atoms with Crippen LogP contribution in [-0.4, -0.2) is 28.3 Å². The van der Waals surface area contributed by atoms with Gasteiger partial charge in [0.05, 0.1) is 12.4 Å². The van der Waals surface area contributed by atoms with Gasteiger partial charge in [-0.15, -0.1) is 0 Å². The molecule has 1 aromatic rings. The minimum absolute atomic E-state index is 0.270. The van der Waals surface area contributed by atoms with Crippen molar-refractivity contribution in [3.05, 3.63) is 18.1 Å². The molecule has 0 fully saturated rings. The quantitative estimate of drug-likeness (QED) is 0.574. The Kier molecular flexibility index (Phi) is 1.53. The van der Waals surface area contributed by atoms with Gasteiger partial charge in [0.15, 0.2) is 5.82 Å². The van der Waals surface area contributed by atoms with Crippen LogP contribution in [0.1, 0.15) is 18.7 Å². The maximum absolute atomic E-state index is 4.23. The van der Waals surface area contributed by atoms with Gasteiger partial charge in [0.1, 0.15) is 5.69 Å². The lowest BCUT2D eigenvalue weighted by atomic mass is 10.2. The summed E-state index contributed by atoms with van der Waals surface area (Å²) in [5.41, 5.74) is 0.947. The third kappa shape index (κ3) is 0.958. The monoisotopic (exact) mass is 162 g/mol. The first-order chi connectivity index (χ1) is 5.79. The van der Waals surface area contributed by atoms with E-state index in [-0.39, 0.29) is 6.04 Å². The lowest BCUT2D eigenvalue weighted by Crippen LogP contribution is -2.24. The highest BCUT2D eigenvalue weighted by atomic mass is 15.2. The Morgan fingerprint density at radius 3 is 2.92 bits per heavy atom. The molecular weight excluding hydrogens is 152 g/mol. The highest BCUT2D eigenvalue weighted by Gasteiger charge is 2.18. The summed E-state index contributed by atoms with van der Waals surface area (Å²) in [6, 6.07) is 0.270. The number of hydrogen-bond donors (Lipinski definition) is 0. The highest BCUT2D eigenvalue weighted by Crippen LogP contribution is 2.26. The number of nitrogens with zero attached hydrogens (tertiary/aromatic N) is 4. The molecule has 1 aliphatic rings. The average molecular weight is 162 g/mol. The SMILES string of the molecule is CC1c2nccnc2N=CN1C. The van der Waals surface area contributed by atoms with Gasteiger partial charge in [-0.25, -0.2) is 9.98 Å². The van der Waals surface area contributed by atoms with Crippen molar-refractivity contribution in [2.45, 2.75) is 13.0 Å². The molecule has 2 rings (SSSR count). The predicted octanol–water partition coefficient (Wildman–Crippen LogP) is 1.14. The average Bonchev–Trinajstić information content (AvgIpc) is 2.12. The first kappa shape index (κ1) is 7.21. The molecule has 0 amide bonds. The standard InChI is InChI=1S/C8H10N4/c1-6-7-8(10-4-3-9-7)11-5-12(6)2/h3-6H,1-2H3. The van der Waals surface area contributed by atoms with E-state index in [4.69, 9.17) is 0 Å². The third-order valence-corrected chi connectivity index (χ3v) is 2.07. The van der Waals surface area contributed by atoms with Crippen molar-refractivity contribution in [3.8, 4) is 0 Å². The molecule has 1 aliphatic heterocycles. The zero-order valence-corrected chi connectivity index (χ0v) is 7.10. The zero-order chi connectivity index (χ0) is 8.55. The van der Waals surface area contributed by atoms with Crippen LogP contribution in [-0.2, 0) is 0 Å². The molecule has 4 nitrogen and oxygen atoms in total. The van der Waals surface area contributed by atoms with Gasteiger partial charge in [-0.05, 0) is 6.92 Å². The van der Waals surface area contributed by atoms with Gasteiger partial charge in [-0.1, -0.05) is 0 Å². The molecule has 0 aromatic carbocycles. The molecule has 1 unspecified atom stereocenters. The van der Waals surface area contributed by atoms with Crippen LogP contribution in [0.2, 0.25) is 0 Å². The van der Waals surface area contributed by atoms with Crippen LogP contribution in [0.15, 0.2) is 17.4 Å². The lowest BCUT2D eigenvalue weighted by molar-refractivity contribution is 0.398. The van der Waals surface area contributed by atoms with Crippen LogP contribution in [0, 0.1) is 0 Å².